The predicted molar refractivity (Wildman–Crippen MR) is 31.8 cm³/mol. The van der Waals surface area contributed by atoms with Gasteiger partial charge in [-0.2, -0.15) is 8.42 Å². The average molecular weight is 169 g/mol. The van der Waals surface area contributed by atoms with Gasteiger partial charge in [-0.15, -0.1) is 0 Å². The highest BCUT2D eigenvalue weighted by Crippen LogP contribution is 2.06. The van der Waals surface area contributed by atoms with Crippen LogP contribution in [-0.4, -0.2) is 28.9 Å². The molecule has 0 heterocycles. The maximum Gasteiger partial charge on any atom is 0.341 e. The molecule has 0 fully saturated rings. The Morgan fingerprint density at radius 1 is 1.60 bits per heavy atom. The number of carbonyl (C=O) groups is 1. The molecule has 0 saturated carbocycles. The first kappa shape index (κ1) is 9.34. The first-order valence-electron chi connectivity index (χ1n) is 2.19. The highest BCUT2D eigenvalue weighted by molar-refractivity contribution is 7.88. The third-order valence-electron chi connectivity index (χ3n) is 0.961. The summed E-state index contributed by atoms with van der Waals surface area (Å²) in [4.78, 5) is 7.39. The van der Waals surface area contributed by atoms with Crippen molar-refractivity contribution in [1.82, 2.24) is 0 Å². The van der Waals surface area contributed by atoms with E-state index in [9.17, 15) is 13.2 Å². The highest BCUT2D eigenvalue weighted by atomic mass is 32.2. The van der Waals surface area contributed by atoms with Crippen molar-refractivity contribution in [3.63, 3.8) is 0 Å². The van der Waals surface area contributed by atoms with E-state index in [1.807, 2.05) is 0 Å². The lowest BCUT2D eigenvalue weighted by Crippen LogP contribution is -2.51. The van der Waals surface area contributed by atoms with Gasteiger partial charge in [-0.25, -0.2) is 4.79 Å². The molecular weight excluding hydrogens is 162 g/mol. The van der Waals surface area contributed by atoms with Crippen molar-refractivity contribution in [2.24, 2.45) is 5.73 Å². The van der Waals surface area contributed by atoms with E-state index < -0.39 is 21.0 Å². The largest absolute Gasteiger partial charge is 0.479 e. The standard InChI is InChI=1S/C3H7NO5S/c1-3(4,2(5)6)10(7,8)9/h4H2,1H3,(H,5,6)(H,7,8,9). The molecule has 7 heteroatoms. The molecule has 6 nitrogen and oxygen atoms in total. The van der Waals surface area contributed by atoms with Crippen LogP contribution < -0.4 is 5.73 Å². The van der Waals surface area contributed by atoms with E-state index in [4.69, 9.17) is 15.4 Å². The fourth-order valence-electron chi connectivity index (χ4n) is 0.110. The van der Waals surface area contributed by atoms with Crippen LogP contribution in [0.25, 0.3) is 0 Å². The Hall–Kier alpha value is -0.660. The quantitative estimate of drug-likeness (QED) is 0.439. The number of carboxylic acid groups (broad SMARTS) is 1. The summed E-state index contributed by atoms with van der Waals surface area (Å²) in [5.74, 6) is -1.80. The van der Waals surface area contributed by atoms with Crippen LogP contribution in [0.2, 0.25) is 0 Å². The Balaban J connectivity index is 4.95. The maximum atomic E-state index is 10.1. The summed E-state index contributed by atoms with van der Waals surface area (Å²) in [7, 11) is -4.72. The number of hydrogen-bond donors (Lipinski definition) is 3. The van der Waals surface area contributed by atoms with Gasteiger partial charge in [-0.3, -0.25) is 4.55 Å². The van der Waals surface area contributed by atoms with Crippen molar-refractivity contribution in [3.8, 4) is 0 Å². The van der Waals surface area contributed by atoms with Gasteiger partial charge in [0, 0.05) is 0 Å². The van der Waals surface area contributed by atoms with Crippen LogP contribution in [0, 0.1) is 0 Å². The van der Waals surface area contributed by atoms with Crippen molar-refractivity contribution >= 4 is 16.1 Å². The molecule has 1 unspecified atom stereocenters. The first-order valence-corrected chi connectivity index (χ1v) is 3.63. The molecule has 0 aliphatic heterocycles. The van der Waals surface area contributed by atoms with Crippen LogP contribution in [-0.2, 0) is 14.9 Å². The van der Waals surface area contributed by atoms with Gasteiger partial charge >= 0.3 is 5.97 Å². The second-order valence-corrected chi connectivity index (χ2v) is 3.69. The molecular formula is C3H7NO5S. The molecule has 0 aromatic carbocycles. The summed E-state index contributed by atoms with van der Waals surface area (Å²) < 4.78 is 28.5. The van der Waals surface area contributed by atoms with Gasteiger partial charge in [0.25, 0.3) is 10.1 Å². The van der Waals surface area contributed by atoms with E-state index in [0.29, 0.717) is 6.92 Å². The van der Waals surface area contributed by atoms with Gasteiger partial charge in [0.2, 0.25) is 4.87 Å². The normalized spacial score (nSPS) is 17.9. The van der Waals surface area contributed by atoms with E-state index in [2.05, 4.69) is 0 Å². The Kier molecular flexibility index (Phi) is 2.04. The lowest BCUT2D eigenvalue weighted by molar-refractivity contribution is -0.139. The van der Waals surface area contributed by atoms with Crippen LogP contribution in [0.3, 0.4) is 0 Å². The van der Waals surface area contributed by atoms with Gasteiger partial charge in [-0.05, 0) is 6.92 Å². The van der Waals surface area contributed by atoms with E-state index in [0.717, 1.165) is 0 Å². The zero-order chi connectivity index (χ0) is 8.58. The van der Waals surface area contributed by atoms with Crippen molar-refractivity contribution in [3.05, 3.63) is 0 Å². The van der Waals surface area contributed by atoms with Crippen LogP contribution in [0.5, 0.6) is 0 Å². The molecule has 0 aliphatic rings. The van der Waals surface area contributed by atoms with E-state index in [1.165, 1.54) is 0 Å². The summed E-state index contributed by atoms with van der Waals surface area (Å²) in [5, 5.41) is 8.11. The molecule has 0 aromatic rings. The summed E-state index contributed by atoms with van der Waals surface area (Å²) >= 11 is 0. The second-order valence-electron chi connectivity index (χ2n) is 1.89. The molecule has 0 rings (SSSR count). The number of hydrogen-bond acceptors (Lipinski definition) is 4. The van der Waals surface area contributed by atoms with Gasteiger partial charge < -0.3 is 10.8 Å². The minimum Gasteiger partial charge on any atom is -0.479 e. The number of aliphatic carboxylic acids is 1. The number of rotatable bonds is 2. The van der Waals surface area contributed by atoms with Crippen LogP contribution in [0.15, 0.2) is 0 Å². The zero-order valence-electron chi connectivity index (χ0n) is 5.10. The molecule has 1 atom stereocenters. The van der Waals surface area contributed by atoms with Gasteiger partial charge in [-0.1, -0.05) is 0 Å². The molecule has 0 aromatic heterocycles. The first-order chi connectivity index (χ1) is 4.19. The summed E-state index contributed by atoms with van der Waals surface area (Å²) in [6, 6.07) is 0. The summed E-state index contributed by atoms with van der Waals surface area (Å²) in [6.45, 7) is 0.685. The molecule has 0 amide bonds. The third-order valence-corrected chi connectivity index (χ3v) is 2.21. The zero-order valence-corrected chi connectivity index (χ0v) is 5.92. The van der Waals surface area contributed by atoms with Crippen molar-refractivity contribution in [2.75, 3.05) is 0 Å². The molecule has 0 bridgehead atoms. The molecule has 4 N–H and O–H groups in total. The minimum absolute atomic E-state index is 0.685. The fraction of sp³-hybridized carbons (Fsp3) is 0.667. The highest BCUT2D eigenvalue weighted by Gasteiger charge is 2.41. The molecule has 0 radical (unpaired) electrons. The molecule has 60 valence electrons. The SMILES string of the molecule is CC(N)(C(=O)O)S(=O)(=O)O. The summed E-state index contributed by atoms with van der Waals surface area (Å²) in [5.41, 5.74) is 4.70. The minimum atomic E-state index is -4.72. The Bertz CT molecular complexity index is 240. The fourth-order valence-corrected chi connectivity index (χ4v) is 0.331. The van der Waals surface area contributed by atoms with Gasteiger partial charge in [0.1, 0.15) is 0 Å². The summed E-state index contributed by atoms with van der Waals surface area (Å²) in [6.07, 6.45) is 0. The molecule has 0 aliphatic carbocycles. The molecule has 0 spiro atoms. The van der Waals surface area contributed by atoms with Gasteiger partial charge in [0.15, 0.2) is 0 Å². The molecule has 0 saturated heterocycles. The third kappa shape index (κ3) is 1.43. The molecule has 10 heavy (non-hydrogen) atoms. The second kappa shape index (κ2) is 2.19. The Labute approximate surface area is 57.4 Å². The lowest BCUT2D eigenvalue weighted by atomic mass is 10.4. The topological polar surface area (TPSA) is 118 Å². The monoisotopic (exact) mass is 169 g/mol. The Morgan fingerprint density at radius 3 is 1.90 bits per heavy atom. The predicted octanol–water partition coefficient (Wildman–Crippen LogP) is -1.37. The van der Waals surface area contributed by atoms with E-state index in [1.54, 1.807) is 0 Å². The van der Waals surface area contributed by atoms with Crippen LogP contribution in [0.1, 0.15) is 6.92 Å². The average Bonchev–Trinajstić information content (AvgIpc) is 1.62. The smallest absolute Gasteiger partial charge is 0.341 e. The van der Waals surface area contributed by atoms with Crippen molar-refractivity contribution in [1.29, 1.82) is 0 Å². The van der Waals surface area contributed by atoms with E-state index >= 15 is 0 Å². The number of carboxylic acids is 1. The van der Waals surface area contributed by atoms with Gasteiger partial charge in [0.05, 0.1) is 0 Å². The van der Waals surface area contributed by atoms with Crippen LogP contribution >= 0.6 is 0 Å². The van der Waals surface area contributed by atoms with Crippen molar-refractivity contribution in [2.45, 2.75) is 11.8 Å². The lowest BCUT2D eigenvalue weighted by Gasteiger charge is -2.13. The van der Waals surface area contributed by atoms with Crippen LogP contribution in [0.4, 0.5) is 0 Å². The van der Waals surface area contributed by atoms with Crippen molar-refractivity contribution < 1.29 is 22.9 Å². The van der Waals surface area contributed by atoms with E-state index in [-0.39, 0.29) is 0 Å². The number of nitrogens with two attached hydrogens (primary N) is 1. The maximum absolute atomic E-state index is 10.1. The Morgan fingerprint density at radius 2 is 1.90 bits per heavy atom.